The molecule has 0 saturated heterocycles. The van der Waals surface area contributed by atoms with Gasteiger partial charge in [-0.3, -0.25) is 4.79 Å². The number of hydrogen-bond acceptors (Lipinski definition) is 2. The van der Waals surface area contributed by atoms with Crippen LogP contribution in [0, 0.1) is 0 Å². The fourth-order valence-corrected chi connectivity index (χ4v) is 3.15. The van der Waals surface area contributed by atoms with Crippen molar-refractivity contribution in [2.45, 2.75) is 19.4 Å². The number of aryl methyl sites for hydroxylation is 3. The van der Waals surface area contributed by atoms with Crippen molar-refractivity contribution in [1.82, 2.24) is 9.13 Å². The maximum atomic E-state index is 12.5. The van der Waals surface area contributed by atoms with Gasteiger partial charge in [0.15, 0.2) is 0 Å². The third-order valence-electron chi connectivity index (χ3n) is 4.40. The van der Waals surface area contributed by atoms with Crippen LogP contribution in [0.4, 0.5) is 0 Å². The average Bonchev–Trinajstić information content (AvgIpc) is 3.13. The smallest absolute Gasteiger partial charge is 0.275 e. The Morgan fingerprint density at radius 2 is 2.05 bits per heavy atom. The second kappa shape index (κ2) is 5.05. The standard InChI is InChI=1S/C18H18N2O2/c1-19-8-5-14-6-10-20(18(21)17(14)19)9-4-13-2-3-16-15(12-13)7-11-22-16/h2-3,5-6,8,10,12H,4,7,9,11H2,1H3. The van der Waals surface area contributed by atoms with Gasteiger partial charge in [0.05, 0.1) is 6.61 Å². The molecule has 22 heavy (non-hydrogen) atoms. The predicted molar refractivity (Wildman–Crippen MR) is 86.5 cm³/mol. The summed E-state index contributed by atoms with van der Waals surface area (Å²) in [6.45, 7) is 1.47. The zero-order valence-corrected chi connectivity index (χ0v) is 12.6. The molecule has 0 N–H and O–H groups in total. The summed E-state index contributed by atoms with van der Waals surface area (Å²) >= 11 is 0. The Morgan fingerprint density at radius 1 is 1.18 bits per heavy atom. The van der Waals surface area contributed by atoms with Crippen LogP contribution >= 0.6 is 0 Å². The summed E-state index contributed by atoms with van der Waals surface area (Å²) in [4.78, 5) is 12.5. The lowest BCUT2D eigenvalue weighted by Gasteiger charge is -2.08. The largest absolute Gasteiger partial charge is 0.493 e. The summed E-state index contributed by atoms with van der Waals surface area (Å²) in [6, 6.07) is 10.3. The van der Waals surface area contributed by atoms with E-state index in [1.807, 2.05) is 42.2 Å². The third-order valence-corrected chi connectivity index (χ3v) is 4.40. The molecule has 2 aromatic heterocycles. The van der Waals surface area contributed by atoms with E-state index >= 15 is 0 Å². The van der Waals surface area contributed by atoms with Gasteiger partial charge in [0.25, 0.3) is 5.56 Å². The predicted octanol–water partition coefficient (Wildman–Crippen LogP) is 2.52. The van der Waals surface area contributed by atoms with Crippen molar-refractivity contribution in [2.75, 3.05) is 6.61 Å². The van der Waals surface area contributed by atoms with E-state index in [0.717, 1.165) is 36.1 Å². The summed E-state index contributed by atoms with van der Waals surface area (Å²) in [5, 5.41) is 0.999. The summed E-state index contributed by atoms with van der Waals surface area (Å²) < 4.78 is 9.22. The van der Waals surface area contributed by atoms with Gasteiger partial charge in [-0.15, -0.1) is 0 Å². The van der Waals surface area contributed by atoms with Crippen LogP contribution in [0.1, 0.15) is 11.1 Å². The number of rotatable bonds is 3. The molecule has 0 fully saturated rings. The van der Waals surface area contributed by atoms with E-state index in [4.69, 9.17) is 4.74 Å². The monoisotopic (exact) mass is 294 g/mol. The molecule has 0 unspecified atom stereocenters. The van der Waals surface area contributed by atoms with Gasteiger partial charge in [-0.05, 0) is 35.7 Å². The number of aromatic nitrogens is 2. The van der Waals surface area contributed by atoms with Crippen molar-refractivity contribution >= 4 is 10.9 Å². The van der Waals surface area contributed by atoms with Gasteiger partial charge in [0.1, 0.15) is 11.3 Å². The first-order valence-corrected chi connectivity index (χ1v) is 7.61. The molecule has 0 atom stereocenters. The minimum Gasteiger partial charge on any atom is -0.493 e. The number of hydrogen-bond donors (Lipinski definition) is 0. The number of benzene rings is 1. The Kier molecular flexibility index (Phi) is 3.03. The van der Waals surface area contributed by atoms with Gasteiger partial charge in [0, 0.05) is 37.8 Å². The van der Waals surface area contributed by atoms with E-state index in [2.05, 4.69) is 12.1 Å². The Labute approximate surface area is 128 Å². The normalized spacial score (nSPS) is 13.3. The third kappa shape index (κ3) is 2.11. The fourth-order valence-electron chi connectivity index (χ4n) is 3.15. The first-order chi connectivity index (χ1) is 10.7. The molecular weight excluding hydrogens is 276 g/mol. The Bertz CT molecular complexity index is 905. The van der Waals surface area contributed by atoms with Crippen molar-refractivity contribution < 1.29 is 4.74 Å². The number of fused-ring (bicyclic) bond motifs is 2. The molecule has 0 aliphatic carbocycles. The van der Waals surface area contributed by atoms with Crippen molar-refractivity contribution in [2.24, 2.45) is 7.05 Å². The molecule has 3 aromatic rings. The van der Waals surface area contributed by atoms with Crippen LogP contribution in [-0.4, -0.2) is 15.7 Å². The Balaban J connectivity index is 1.60. The van der Waals surface area contributed by atoms with Crippen molar-refractivity contribution in [3.05, 3.63) is 64.2 Å². The first kappa shape index (κ1) is 13.2. The zero-order valence-electron chi connectivity index (χ0n) is 12.6. The van der Waals surface area contributed by atoms with Crippen LogP contribution in [0.3, 0.4) is 0 Å². The maximum Gasteiger partial charge on any atom is 0.275 e. The maximum absolute atomic E-state index is 12.5. The molecule has 4 rings (SSSR count). The molecule has 0 bridgehead atoms. The molecule has 1 aliphatic heterocycles. The van der Waals surface area contributed by atoms with Gasteiger partial charge in [-0.1, -0.05) is 12.1 Å². The zero-order chi connectivity index (χ0) is 15.1. The Hall–Kier alpha value is -2.49. The number of ether oxygens (including phenoxy) is 1. The van der Waals surface area contributed by atoms with Gasteiger partial charge in [-0.2, -0.15) is 0 Å². The average molecular weight is 294 g/mol. The van der Waals surface area contributed by atoms with E-state index in [1.165, 1.54) is 11.1 Å². The van der Waals surface area contributed by atoms with E-state index in [-0.39, 0.29) is 5.56 Å². The molecule has 1 aromatic carbocycles. The Morgan fingerprint density at radius 3 is 2.95 bits per heavy atom. The second-order valence-electron chi connectivity index (χ2n) is 5.84. The molecule has 112 valence electrons. The summed E-state index contributed by atoms with van der Waals surface area (Å²) in [6.07, 6.45) is 5.65. The van der Waals surface area contributed by atoms with Crippen LogP contribution in [0.2, 0.25) is 0 Å². The van der Waals surface area contributed by atoms with Crippen molar-refractivity contribution in [1.29, 1.82) is 0 Å². The highest BCUT2D eigenvalue weighted by Crippen LogP contribution is 2.26. The second-order valence-corrected chi connectivity index (χ2v) is 5.84. The molecule has 0 radical (unpaired) electrons. The minimum atomic E-state index is 0.0782. The summed E-state index contributed by atoms with van der Waals surface area (Å²) in [7, 11) is 1.91. The van der Waals surface area contributed by atoms with Crippen LogP contribution < -0.4 is 10.3 Å². The molecule has 3 heterocycles. The van der Waals surface area contributed by atoms with E-state index in [1.54, 1.807) is 4.57 Å². The molecular formula is C18H18N2O2. The van der Waals surface area contributed by atoms with E-state index in [0.29, 0.717) is 6.54 Å². The van der Waals surface area contributed by atoms with Crippen molar-refractivity contribution in [3.63, 3.8) is 0 Å². The van der Waals surface area contributed by atoms with Crippen molar-refractivity contribution in [3.8, 4) is 5.75 Å². The molecule has 4 heteroatoms. The molecule has 4 nitrogen and oxygen atoms in total. The quantitative estimate of drug-likeness (QED) is 0.744. The highest BCUT2D eigenvalue weighted by Gasteiger charge is 2.12. The van der Waals surface area contributed by atoms with Gasteiger partial charge >= 0.3 is 0 Å². The summed E-state index contributed by atoms with van der Waals surface area (Å²) in [5.74, 6) is 1.01. The SMILES string of the molecule is Cn1ccc2ccn(CCc3ccc4c(c3)CCO4)c(=O)c21. The molecule has 1 aliphatic rings. The minimum absolute atomic E-state index is 0.0782. The van der Waals surface area contributed by atoms with Gasteiger partial charge in [0.2, 0.25) is 0 Å². The van der Waals surface area contributed by atoms with E-state index < -0.39 is 0 Å². The lowest BCUT2D eigenvalue weighted by molar-refractivity contribution is 0.357. The first-order valence-electron chi connectivity index (χ1n) is 7.61. The number of pyridine rings is 1. The highest BCUT2D eigenvalue weighted by molar-refractivity contribution is 5.78. The highest BCUT2D eigenvalue weighted by atomic mass is 16.5. The van der Waals surface area contributed by atoms with Gasteiger partial charge < -0.3 is 13.9 Å². The van der Waals surface area contributed by atoms with Crippen LogP contribution in [-0.2, 0) is 26.4 Å². The topological polar surface area (TPSA) is 36.2 Å². The number of nitrogens with zero attached hydrogens (tertiary/aromatic N) is 2. The van der Waals surface area contributed by atoms with Crippen LogP contribution in [0.25, 0.3) is 10.9 Å². The molecule has 0 spiro atoms. The van der Waals surface area contributed by atoms with E-state index in [9.17, 15) is 4.79 Å². The molecule has 0 amide bonds. The lowest BCUT2D eigenvalue weighted by atomic mass is 10.1. The lowest BCUT2D eigenvalue weighted by Crippen LogP contribution is -2.21. The summed E-state index contributed by atoms with van der Waals surface area (Å²) in [5.41, 5.74) is 3.38. The van der Waals surface area contributed by atoms with Gasteiger partial charge in [-0.25, -0.2) is 0 Å². The van der Waals surface area contributed by atoms with Crippen LogP contribution in [0.15, 0.2) is 47.5 Å². The fraction of sp³-hybridized carbons (Fsp3) is 0.278. The molecule has 0 saturated carbocycles. The van der Waals surface area contributed by atoms with Crippen LogP contribution in [0.5, 0.6) is 5.75 Å².